The van der Waals surface area contributed by atoms with Crippen molar-refractivity contribution in [2.75, 3.05) is 10.6 Å². The second-order valence-corrected chi connectivity index (χ2v) is 4.63. The van der Waals surface area contributed by atoms with Gasteiger partial charge >= 0.3 is 0 Å². The molecule has 2 amide bonds. The number of hydrogen-bond donors (Lipinski definition) is 2. The van der Waals surface area contributed by atoms with Crippen molar-refractivity contribution in [3.63, 3.8) is 0 Å². The van der Waals surface area contributed by atoms with Crippen LogP contribution in [0.2, 0.25) is 0 Å². The summed E-state index contributed by atoms with van der Waals surface area (Å²) in [5.41, 5.74) is 1.42. The van der Waals surface area contributed by atoms with Crippen LogP contribution >= 0.6 is 0 Å². The van der Waals surface area contributed by atoms with Gasteiger partial charge in [0.1, 0.15) is 11.4 Å². The number of aromatic nitrogens is 1. The van der Waals surface area contributed by atoms with Crippen LogP contribution in [0.5, 0.6) is 5.75 Å². The SMILES string of the molecule is CC1Oc2ccc(NC(=O)c3ccccn3)cc2NC1=O. The molecule has 1 aromatic heterocycles. The summed E-state index contributed by atoms with van der Waals surface area (Å²) in [7, 11) is 0. The fourth-order valence-corrected chi connectivity index (χ4v) is 1.98. The van der Waals surface area contributed by atoms with Crippen LogP contribution in [0.3, 0.4) is 0 Å². The largest absolute Gasteiger partial charge is 0.479 e. The molecule has 0 fully saturated rings. The molecule has 2 heterocycles. The van der Waals surface area contributed by atoms with Crippen LogP contribution < -0.4 is 15.4 Å². The molecule has 6 nitrogen and oxygen atoms in total. The Balaban J connectivity index is 1.80. The van der Waals surface area contributed by atoms with E-state index in [0.717, 1.165) is 0 Å². The van der Waals surface area contributed by atoms with Gasteiger partial charge < -0.3 is 15.4 Å². The molecule has 1 aliphatic heterocycles. The van der Waals surface area contributed by atoms with Crippen LogP contribution in [0, 0.1) is 0 Å². The quantitative estimate of drug-likeness (QED) is 0.884. The highest BCUT2D eigenvalue weighted by Gasteiger charge is 2.23. The zero-order valence-electron chi connectivity index (χ0n) is 11.3. The monoisotopic (exact) mass is 283 g/mol. The Morgan fingerprint density at radius 2 is 2.19 bits per heavy atom. The van der Waals surface area contributed by atoms with E-state index in [1.165, 1.54) is 0 Å². The zero-order valence-corrected chi connectivity index (χ0v) is 11.3. The highest BCUT2D eigenvalue weighted by Crippen LogP contribution is 2.32. The highest BCUT2D eigenvalue weighted by molar-refractivity contribution is 6.04. The van der Waals surface area contributed by atoms with E-state index in [0.29, 0.717) is 22.8 Å². The summed E-state index contributed by atoms with van der Waals surface area (Å²) in [6, 6.07) is 10.2. The number of pyridine rings is 1. The van der Waals surface area contributed by atoms with Crippen molar-refractivity contribution in [1.29, 1.82) is 0 Å². The van der Waals surface area contributed by atoms with Crippen LogP contribution in [-0.2, 0) is 4.79 Å². The topological polar surface area (TPSA) is 80.3 Å². The molecule has 2 N–H and O–H groups in total. The summed E-state index contributed by atoms with van der Waals surface area (Å²) >= 11 is 0. The maximum absolute atomic E-state index is 12.0. The Morgan fingerprint density at radius 3 is 2.95 bits per heavy atom. The number of fused-ring (bicyclic) bond motifs is 1. The highest BCUT2D eigenvalue weighted by atomic mass is 16.5. The van der Waals surface area contributed by atoms with Crippen LogP contribution in [0.25, 0.3) is 0 Å². The lowest BCUT2D eigenvalue weighted by Crippen LogP contribution is -2.34. The van der Waals surface area contributed by atoms with Gasteiger partial charge in [0.15, 0.2) is 6.10 Å². The predicted molar refractivity (Wildman–Crippen MR) is 77.4 cm³/mol. The van der Waals surface area contributed by atoms with Gasteiger partial charge in [-0.15, -0.1) is 0 Å². The summed E-state index contributed by atoms with van der Waals surface area (Å²) in [5, 5.41) is 5.46. The van der Waals surface area contributed by atoms with E-state index in [2.05, 4.69) is 15.6 Å². The second kappa shape index (κ2) is 5.24. The van der Waals surface area contributed by atoms with Gasteiger partial charge in [-0.25, -0.2) is 0 Å². The number of nitrogens with one attached hydrogen (secondary N) is 2. The van der Waals surface area contributed by atoms with Crippen molar-refractivity contribution in [1.82, 2.24) is 4.98 Å². The molecule has 1 unspecified atom stereocenters. The molecule has 0 bridgehead atoms. The third-order valence-electron chi connectivity index (χ3n) is 3.07. The zero-order chi connectivity index (χ0) is 14.8. The van der Waals surface area contributed by atoms with E-state index in [1.54, 1.807) is 49.5 Å². The number of carbonyl (C=O) groups excluding carboxylic acids is 2. The number of rotatable bonds is 2. The minimum absolute atomic E-state index is 0.212. The number of benzene rings is 1. The molecule has 0 spiro atoms. The molecule has 1 aliphatic rings. The average Bonchev–Trinajstić information content (AvgIpc) is 2.49. The predicted octanol–water partition coefficient (Wildman–Crippen LogP) is 2.05. The van der Waals surface area contributed by atoms with Crippen molar-refractivity contribution in [3.05, 3.63) is 48.3 Å². The Morgan fingerprint density at radius 1 is 1.33 bits per heavy atom. The van der Waals surface area contributed by atoms with Crippen molar-refractivity contribution >= 4 is 23.2 Å². The fraction of sp³-hybridized carbons (Fsp3) is 0.133. The smallest absolute Gasteiger partial charge is 0.274 e. The van der Waals surface area contributed by atoms with E-state index in [4.69, 9.17) is 4.74 Å². The molecule has 0 saturated carbocycles. The molecule has 0 aliphatic carbocycles. The molecule has 3 rings (SSSR count). The minimum atomic E-state index is -0.522. The number of carbonyl (C=O) groups is 2. The van der Waals surface area contributed by atoms with Gasteiger partial charge in [0.25, 0.3) is 11.8 Å². The fourth-order valence-electron chi connectivity index (χ4n) is 1.98. The second-order valence-electron chi connectivity index (χ2n) is 4.63. The molecule has 106 valence electrons. The van der Waals surface area contributed by atoms with Crippen LogP contribution in [0.15, 0.2) is 42.6 Å². The van der Waals surface area contributed by atoms with E-state index in [1.807, 2.05) is 0 Å². The Hall–Kier alpha value is -2.89. The first-order chi connectivity index (χ1) is 10.1. The maximum Gasteiger partial charge on any atom is 0.274 e. The van der Waals surface area contributed by atoms with Gasteiger partial charge in [0.05, 0.1) is 5.69 Å². The number of amides is 2. The van der Waals surface area contributed by atoms with Gasteiger partial charge in [-0.2, -0.15) is 0 Å². The molecule has 2 aromatic rings. The molecule has 6 heteroatoms. The lowest BCUT2D eigenvalue weighted by molar-refractivity contribution is -0.122. The summed E-state index contributed by atoms with van der Waals surface area (Å²) in [6.45, 7) is 1.68. The molecule has 0 radical (unpaired) electrons. The summed E-state index contributed by atoms with van der Waals surface area (Å²) in [4.78, 5) is 27.6. The van der Waals surface area contributed by atoms with Crippen molar-refractivity contribution in [3.8, 4) is 5.75 Å². The van der Waals surface area contributed by atoms with Crippen LogP contribution in [0.1, 0.15) is 17.4 Å². The molecule has 1 aromatic carbocycles. The summed E-state index contributed by atoms with van der Waals surface area (Å²) in [6.07, 6.45) is 1.03. The normalized spacial score (nSPS) is 16.4. The number of ether oxygens (including phenoxy) is 1. The number of hydrogen-bond acceptors (Lipinski definition) is 4. The summed E-state index contributed by atoms with van der Waals surface area (Å²) < 4.78 is 5.45. The van der Waals surface area contributed by atoms with Gasteiger partial charge in [-0.05, 0) is 37.3 Å². The minimum Gasteiger partial charge on any atom is -0.479 e. The Bertz CT molecular complexity index is 701. The Labute approximate surface area is 121 Å². The molecule has 21 heavy (non-hydrogen) atoms. The number of anilines is 2. The number of nitrogens with zero attached hydrogens (tertiary/aromatic N) is 1. The van der Waals surface area contributed by atoms with E-state index < -0.39 is 6.10 Å². The first kappa shape index (κ1) is 13.1. The lowest BCUT2D eigenvalue weighted by atomic mass is 10.2. The lowest BCUT2D eigenvalue weighted by Gasteiger charge is -2.23. The van der Waals surface area contributed by atoms with Crippen molar-refractivity contribution in [2.24, 2.45) is 0 Å². The molecule has 1 atom stereocenters. The van der Waals surface area contributed by atoms with Gasteiger partial charge in [-0.3, -0.25) is 14.6 Å². The van der Waals surface area contributed by atoms with E-state index in [-0.39, 0.29) is 11.8 Å². The molecular weight excluding hydrogens is 270 g/mol. The van der Waals surface area contributed by atoms with E-state index in [9.17, 15) is 9.59 Å². The average molecular weight is 283 g/mol. The molecular formula is C15H13N3O3. The third-order valence-corrected chi connectivity index (χ3v) is 3.07. The van der Waals surface area contributed by atoms with Gasteiger partial charge in [0, 0.05) is 11.9 Å². The maximum atomic E-state index is 12.0. The first-order valence-corrected chi connectivity index (χ1v) is 6.47. The van der Waals surface area contributed by atoms with E-state index >= 15 is 0 Å². The third kappa shape index (κ3) is 2.69. The first-order valence-electron chi connectivity index (χ1n) is 6.47. The summed E-state index contributed by atoms with van der Waals surface area (Å²) in [5.74, 6) is 0.0561. The molecule has 0 saturated heterocycles. The van der Waals surface area contributed by atoms with Crippen LogP contribution in [-0.4, -0.2) is 22.9 Å². The van der Waals surface area contributed by atoms with Crippen LogP contribution in [0.4, 0.5) is 11.4 Å². The van der Waals surface area contributed by atoms with Gasteiger partial charge in [-0.1, -0.05) is 6.07 Å². The van der Waals surface area contributed by atoms with Gasteiger partial charge in [0.2, 0.25) is 0 Å². The van der Waals surface area contributed by atoms with Crippen molar-refractivity contribution in [2.45, 2.75) is 13.0 Å². The van der Waals surface area contributed by atoms with Crippen molar-refractivity contribution < 1.29 is 14.3 Å². The Kier molecular flexibility index (Phi) is 3.27. The standard InChI is InChI=1S/C15H13N3O3/c1-9-14(19)18-12-8-10(5-6-13(12)21-9)17-15(20)11-4-2-3-7-16-11/h2-9H,1H3,(H,17,20)(H,18,19).